The number of nitrogens with zero attached hydrogens (tertiary/aromatic N) is 2. The van der Waals surface area contributed by atoms with Crippen LogP contribution in [0.25, 0.3) is 0 Å². The maximum Gasteiger partial charge on any atom is 0.321 e. The van der Waals surface area contributed by atoms with Crippen molar-refractivity contribution in [1.29, 1.82) is 0 Å². The average molecular weight is 293 g/mol. The minimum Gasteiger partial charge on any atom is -0.359 e. The highest BCUT2D eigenvalue weighted by atomic mass is 16.5. The maximum atomic E-state index is 12.4. The molecule has 0 radical (unpaired) electrons. The Hall–Kier alpha value is -1.52. The molecule has 0 atom stereocenters. The van der Waals surface area contributed by atoms with Crippen LogP contribution in [0.4, 0.5) is 10.5 Å². The van der Waals surface area contributed by atoms with E-state index in [-0.39, 0.29) is 6.03 Å². The molecule has 1 N–H and O–H groups in total. The molecule has 1 aromatic rings. The van der Waals surface area contributed by atoms with Gasteiger partial charge in [0, 0.05) is 13.1 Å². The molecule has 0 aromatic carbocycles. The molecule has 2 rings (SSSR count). The zero-order chi connectivity index (χ0) is 15.4. The lowest BCUT2D eigenvalue weighted by Crippen LogP contribution is -2.42. The van der Waals surface area contributed by atoms with Gasteiger partial charge in [-0.3, -0.25) is 0 Å². The predicted octanol–water partition coefficient (Wildman–Crippen LogP) is 4.11. The summed E-state index contributed by atoms with van der Waals surface area (Å²) in [6.45, 7) is 5.89. The normalized spacial score (nSPS) is 22.1. The van der Waals surface area contributed by atoms with Gasteiger partial charge in [0.05, 0.1) is 0 Å². The topological polar surface area (TPSA) is 58.4 Å². The number of rotatable bonds is 4. The summed E-state index contributed by atoms with van der Waals surface area (Å²) in [5.41, 5.74) is 1.42. The van der Waals surface area contributed by atoms with Gasteiger partial charge in [0.15, 0.2) is 5.76 Å². The number of hydrogen-bond acceptors (Lipinski definition) is 3. The van der Waals surface area contributed by atoms with Crippen LogP contribution in [0.15, 0.2) is 4.52 Å². The molecule has 1 heterocycles. The number of hydrogen-bond donors (Lipinski definition) is 1. The second kappa shape index (κ2) is 6.96. The van der Waals surface area contributed by atoms with Gasteiger partial charge >= 0.3 is 6.03 Å². The van der Waals surface area contributed by atoms with E-state index in [0.717, 1.165) is 24.5 Å². The quantitative estimate of drug-likeness (QED) is 0.908. The smallest absolute Gasteiger partial charge is 0.321 e. The van der Waals surface area contributed by atoms with Crippen molar-refractivity contribution in [3.05, 3.63) is 11.5 Å². The molecule has 0 bridgehead atoms. The van der Waals surface area contributed by atoms with Crippen LogP contribution in [-0.2, 0) is 0 Å². The lowest BCUT2D eigenvalue weighted by molar-refractivity contribution is 0.169. The number of carbonyl (C=O) groups is 1. The monoisotopic (exact) mass is 293 g/mol. The van der Waals surface area contributed by atoms with Gasteiger partial charge < -0.3 is 14.7 Å². The van der Waals surface area contributed by atoms with Crippen LogP contribution in [0, 0.1) is 19.8 Å². The van der Waals surface area contributed by atoms with Crippen molar-refractivity contribution in [1.82, 2.24) is 10.1 Å². The number of carbonyl (C=O) groups excluding carboxylic acids is 1. The lowest BCUT2D eigenvalue weighted by Gasteiger charge is -2.34. The Morgan fingerprint density at radius 2 is 2.00 bits per heavy atom. The van der Waals surface area contributed by atoms with Gasteiger partial charge in [0.1, 0.15) is 11.4 Å². The van der Waals surface area contributed by atoms with Gasteiger partial charge in [-0.15, -0.1) is 0 Å². The summed E-state index contributed by atoms with van der Waals surface area (Å²) in [5.74, 6) is 1.51. The average Bonchev–Trinajstić information content (AvgIpc) is 2.79. The van der Waals surface area contributed by atoms with E-state index in [1.807, 2.05) is 25.8 Å². The Morgan fingerprint density at radius 3 is 2.52 bits per heavy atom. The number of anilines is 1. The Kier molecular flexibility index (Phi) is 5.26. The van der Waals surface area contributed by atoms with E-state index >= 15 is 0 Å². The SMILES string of the molecule is CCCC1CCC(N(C)C(=O)Nc2c(C)noc2C)CC1. The third kappa shape index (κ3) is 3.77. The summed E-state index contributed by atoms with van der Waals surface area (Å²) in [5, 5.41) is 6.79. The molecule has 1 saturated carbocycles. The van der Waals surface area contributed by atoms with Crippen molar-refractivity contribution in [2.45, 2.75) is 65.3 Å². The summed E-state index contributed by atoms with van der Waals surface area (Å²) >= 11 is 0. The van der Waals surface area contributed by atoms with Crippen molar-refractivity contribution < 1.29 is 9.32 Å². The van der Waals surface area contributed by atoms with E-state index in [4.69, 9.17) is 4.52 Å². The van der Waals surface area contributed by atoms with Crippen molar-refractivity contribution in [3.63, 3.8) is 0 Å². The molecule has 5 heteroatoms. The first kappa shape index (κ1) is 15.9. The molecule has 0 saturated heterocycles. The number of nitrogens with one attached hydrogen (secondary N) is 1. The fraction of sp³-hybridized carbons (Fsp3) is 0.750. The van der Waals surface area contributed by atoms with Gasteiger partial charge in [-0.2, -0.15) is 0 Å². The van der Waals surface area contributed by atoms with E-state index in [1.165, 1.54) is 25.7 Å². The standard InChI is InChI=1S/C16H27N3O2/c1-5-6-13-7-9-14(10-8-13)19(4)16(20)17-15-11(2)18-21-12(15)3/h13-14H,5-10H2,1-4H3,(H,17,20). The molecular formula is C16H27N3O2. The molecule has 0 aliphatic heterocycles. The van der Waals surface area contributed by atoms with Crippen LogP contribution in [0.2, 0.25) is 0 Å². The van der Waals surface area contributed by atoms with E-state index in [9.17, 15) is 4.79 Å². The zero-order valence-corrected chi connectivity index (χ0v) is 13.6. The molecular weight excluding hydrogens is 266 g/mol. The highest BCUT2D eigenvalue weighted by molar-refractivity contribution is 5.90. The van der Waals surface area contributed by atoms with Crippen LogP contribution < -0.4 is 5.32 Å². The van der Waals surface area contributed by atoms with Crippen LogP contribution in [0.5, 0.6) is 0 Å². The fourth-order valence-corrected chi connectivity index (χ4v) is 3.25. The Labute approximate surface area is 127 Å². The first-order valence-corrected chi connectivity index (χ1v) is 7.99. The van der Waals surface area contributed by atoms with Gasteiger partial charge in [-0.05, 0) is 45.4 Å². The second-order valence-corrected chi connectivity index (χ2v) is 6.20. The molecule has 1 aliphatic rings. The summed E-state index contributed by atoms with van der Waals surface area (Å²) in [7, 11) is 1.89. The van der Waals surface area contributed by atoms with Gasteiger partial charge in [-0.1, -0.05) is 24.9 Å². The van der Waals surface area contributed by atoms with Crippen LogP contribution in [-0.4, -0.2) is 29.2 Å². The number of urea groups is 1. The number of amides is 2. The summed E-state index contributed by atoms with van der Waals surface area (Å²) in [6.07, 6.45) is 7.27. The summed E-state index contributed by atoms with van der Waals surface area (Å²) in [4.78, 5) is 14.2. The first-order valence-electron chi connectivity index (χ1n) is 7.99. The largest absolute Gasteiger partial charge is 0.359 e. The van der Waals surface area contributed by atoms with E-state index < -0.39 is 0 Å². The Bertz CT molecular complexity index is 456. The van der Waals surface area contributed by atoms with Crippen LogP contribution >= 0.6 is 0 Å². The second-order valence-electron chi connectivity index (χ2n) is 6.20. The van der Waals surface area contributed by atoms with E-state index in [0.29, 0.717) is 17.5 Å². The highest BCUT2D eigenvalue weighted by Gasteiger charge is 2.27. The zero-order valence-electron chi connectivity index (χ0n) is 13.6. The minimum absolute atomic E-state index is 0.0664. The minimum atomic E-state index is -0.0664. The molecule has 2 amide bonds. The summed E-state index contributed by atoms with van der Waals surface area (Å²) in [6, 6.07) is 0.280. The molecule has 118 valence electrons. The Morgan fingerprint density at radius 1 is 1.33 bits per heavy atom. The molecule has 0 unspecified atom stereocenters. The van der Waals surface area contributed by atoms with E-state index in [1.54, 1.807) is 0 Å². The first-order chi connectivity index (χ1) is 10.0. The van der Waals surface area contributed by atoms with E-state index in [2.05, 4.69) is 17.4 Å². The Balaban J connectivity index is 1.89. The fourth-order valence-electron chi connectivity index (χ4n) is 3.25. The molecule has 1 aromatic heterocycles. The molecule has 0 spiro atoms. The highest BCUT2D eigenvalue weighted by Crippen LogP contribution is 2.30. The molecule has 21 heavy (non-hydrogen) atoms. The number of aryl methyl sites for hydroxylation is 2. The van der Waals surface area contributed by atoms with Gasteiger partial charge in [0.25, 0.3) is 0 Å². The van der Waals surface area contributed by atoms with Crippen LogP contribution in [0.1, 0.15) is 56.9 Å². The molecule has 5 nitrogen and oxygen atoms in total. The van der Waals surface area contributed by atoms with Crippen molar-refractivity contribution in [2.24, 2.45) is 5.92 Å². The van der Waals surface area contributed by atoms with Gasteiger partial charge in [-0.25, -0.2) is 4.79 Å². The maximum absolute atomic E-state index is 12.4. The van der Waals surface area contributed by atoms with Gasteiger partial charge in [0.2, 0.25) is 0 Å². The third-order valence-corrected chi connectivity index (χ3v) is 4.65. The van der Waals surface area contributed by atoms with Crippen molar-refractivity contribution in [2.75, 3.05) is 12.4 Å². The third-order valence-electron chi connectivity index (χ3n) is 4.65. The lowest BCUT2D eigenvalue weighted by atomic mass is 9.83. The molecule has 1 aliphatic carbocycles. The molecule has 1 fully saturated rings. The number of aromatic nitrogens is 1. The van der Waals surface area contributed by atoms with Crippen LogP contribution in [0.3, 0.4) is 0 Å². The van der Waals surface area contributed by atoms with Crippen molar-refractivity contribution >= 4 is 11.7 Å². The van der Waals surface area contributed by atoms with Crippen molar-refractivity contribution in [3.8, 4) is 0 Å². The predicted molar refractivity (Wildman–Crippen MR) is 83.4 cm³/mol. The summed E-state index contributed by atoms with van der Waals surface area (Å²) < 4.78 is 5.08.